The Balaban J connectivity index is 2.57. The molecular formula is C13H10BrClFN3O2. The van der Waals surface area contributed by atoms with E-state index < -0.39 is 11.8 Å². The van der Waals surface area contributed by atoms with E-state index in [1.165, 1.54) is 0 Å². The summed E-state index contributed by atoms with van der Waals surface area (Å²) in [7, 11) is 0. The first-order valence-corrected chi connectivity index (χ1v) is 6.81. The number of anilines is 4. The Morgan fingerprint density at radius 1 is 1.33 bits per heavy atom. The third-order valence-corrected chi connectivity index (χ3v) is 3.56. The maximum Gasteiger partial charge on any atom is 0.338 e. The first kappa shape index (κ1) is 15.4. The molecule has 2 aromatic carbocycles. The molecule has 0 aromatic heterocycles. The first-order valence-electron chi connectivity index (χ1n) is 5.64. The third kappa shape index (κ3) is 3.03. The molecule has 0 unspecified atom stereocenters. The second-order valence-electron chi connectivity index (χ2n) is 4.17. The molecule has 0 fully saturated rings. The number of nitrogens with one attached hydrogen (secondary N) is 1. The van der Waals surface area contributed by atoms with Crippen molar-refractivity contribution < 1.29 is 14.3 Å². The molecule has 2 aromatic rings. The van der Waals surface area contributed by atoms with Gasteiger partial charge >= 0.3 is 5.97 Å². The second kappa shape index (κ2) is 5.79. The zero-order valence-electron chi connectivity index (χ0n) is 10.5. The standard InChI is InChI=1S/C13H10BrClFN3O2/c14-5-1-2-9(7(15)3-5)19-12-6(13(20)21)4-8(17)11(18)10(12)16/h1-4,19H,17-18H2,(H,20,21). The summed E-state index contributed by atoms with van der Waals surface area (Å²) in [5.74, 6) is -2.28. The quantitative estimate of drug-likeness (QED) is 0.611. The van der Waals surface area contributed by atoms with E-state index in [2.05, 4.69) is 21.2 Å². The predicted octanol–water partition coefficient (Wildman–Crippen LogP) is 3.85. The summed E-state index contributed by atoms with van der Waals surface area (Å²) in [6, 6.07) is 5.93. The summed E-state index contributed by atoms with van der Waals surface area (Å²) < 4.78 is 14.9. The number of carbonyl (C=O) groups is 1. The Bertz CT molecular complexity index is 740. The van der Waals surface area contributed by atoms with Crippen LogP contribution in [0.3, 0.4) is 0 Å². The summed E-state index contributed by atoms with van der Waals surface area (Å²) in [5, 5.41) is 12.1. The number of rotatable bonds is 3. The highest BCUT2D eigenvalue weighted by molar-refractivity contribution is 9.10. The maximum absolute atomic E-state index is 14.2. The zero-order valence-corrected chi connectivity index (χ0v) is 12.8. The van der Waals surface area contributed by atoms with Crippen LogP contribution in [-0.2, 0) is 0 Å². The fourth-order valence-corrected chi connectivity index (χ4v) is 2.42. The van der Waals surface area contributed by atoms with Gasteiger partial charge in [0.25, 0.3) is 0 Å². The van der Waals surface area contributed by atoms with Crippen LogP contribution in [0.5, 0.6) is 0 Å². The van der Waals surface area contributed by atoms with E-state index >= 15 is 0 Å². The van der Waals surface area contributed by atoms with Crippen molar-refractivity contribution in [2.45, 2.75) is 0 Å². The van der Waals surface area contributed by atoms with Crippen molar-refractivity contribution >= 4 is 56.2 Å². The molecule has 0 bridgehead atoms. The number of nitrogen functional groups attached to an aromatic ring is 2. The lowest BCUT2D eigenvalue weighted by molar-refractivity contribution is 0.0697. The van der Waals surface area contributed by atoms with Crippen LogP contribution < -0.4 is 16.8 Å². The average molecular weight is 375 g/mol. The predicted molar refractivity (Wildman–Crippen MR) is 84.6 cm³/mol. The van der Waals surface area contributed by atoms with Gasteiger partial charge in [0, 0.05) is 4.47 Å². The van der Waals surface area contributed by atoms with Gasteiger partial charge in [-0.1, -0.05) is 27.5 Å². The Hall–Kier alpha value is -1.99. The number of benzene rings is 2. The van der Waals surface area contributed by atoms with Crippen LogP contribution in [0.15, 0.2) is 28.7 Å². The highest BCUT2D eigenvalue weighted by Crippen LogP contribution is 2.35. The molecular weight excluding hydrogens is 365 g/mol. The van der Waals surface area contributed by atoms with E-state index in [0.717, 1.165) is 10.5 Å². The normalized spacial score (nSPS) is 10.4. The van der Waals surface area contributed by atoms with Crippen LogP contribution in [0, 0.1) is 5.82 Å². The number of hydrogen-bond donors (Lipinski definition) is 4. The molecule has 0 radical (unpaired) electrons. The van der Waals surface area contributed by atoms with Crippen molar-refractivity contribution in [3.8, 4) is 0 Å². The highest BCUT2D eigenvalue weighted by atomic mass is 79.9. The second-order valence-corrected chi connectivity index (χ2v) is 5.49. The lowest BCUT2D eigenvalue weighted by Gasteiger charge is -2.15. The third-order valence-electron chi connectivity index (χ3n) is 2.76. The van der Waals surface area contributed by atoms with Gasteiger partial charge in [-0.25, -0.2) is 9.18 Å². The van der Waals surface area contributed by atoms with Crippen molar-refractivity contribution in [2.75, 3.05) is 16.8 Å². The minimum atomic E-state index is -1.34. The van der Waals surface area contributed by atoms with E-state index in [-0.39, 0.29) is 27.6 Å². The fourth-order valence-electron chi connectivity index (χ4n) is 1.70. The monoisotopic (exact) mass is 373 g/mol. The number of aromatic carboxylic acids is 1. The molecule has 110 valence electrons. The number of carboxylic acids is 1. The summed E-state index contributed by atoms with van der Waals surface area (Å²) in [6.45, 7) is 0. The summed E-state index contributed by atoms with van der Waals surface area (Å²) in [6.07, 6.45) is 0. The Morgan fingerprint density at radius 3 is 2.57 bits per heavy atom. The number of nitrogens with two attached hydrogens (primary N) is 2. The number of carboxylic acid groups (broad SMARTS) is 1. The van der Waals surface area contributed by atoms with E-state index in [1.54, 1.807) is 18.2 Å². The molecule has 0 saturated heterocycles. The molecule has 0 heterocycles. The molecule has 0 amide bonds. The molecule has 6 N–H and O–H groups in total. The van der Waals surface area contributed by atoms with Crippen molar-refractivity contribution in [3.05, 3.63) is 45.1 Å². The molecule has 21 heavy (non-hydrogen) atoms. The highest BCUT2D eigenvalue weighted by Gasteiger charge is 2.20. The van der Waals surface area contributed by atoms with Crippen LogP contribution in [0.1, 0.15) is 10.4 Å². The van der Waals surface area contributed by atoms with Crippen molar-refractivity contribution in [2.24, 2.45) is 0 Å². The largest absolute Gasteiger partial charge is 0.478 e. The minimum Gasteiger partial charge on any atom is -0.478 e. The zero-order chi connectivity index (χ0) is 15.7. The Labute approximate surface area is 132 Å². The lowest BCUT2D eigenvalue weighted by atomic mass is 10.1. The van der Waals surface area contributed by atoms with Gasteiger partial charge in [-0.15, -0.1) is 0 Å². The molecule has 0 aliphatic heterocycles. The minimum absolute atomic E-state index is 0.141. The Morgan fingerprint density at radius 2 is 2.00 bits per heavy atom. The summed E-state index contributed by atoms with van der Waals surface area (Å²) in [4.78, 5) is 11.2. The van der Waals surface area contributed by atoms with Crippen LogP contribution in [0.25, 0.3) is 0 Å². The van der Waals surface area contributed by atoms with Gasteiger partial charge in [0.05, 0.1) is 33.3 Å². The van der Waals surface area contributed by atoms with E-state index in [1.807, 2.05) is 0 Å². The van der Waals surface area contributed by atoms with Gasteiger partial charge in [0.2, 0.25) is 0 Å². The van der Waals surface area contributed by atoms with Crippen LogP contribution in [0.4, 0.5) is 27.1 Å². The smallest absolute Gasteiger partial charge is 0.338 e. The van der Waals surface area contributed by atoms with Crippen LogP contribution in [0.2, 0.25) is 5.02 Å². The molecule has 0 spiro atoms. The van der Waals surface area contributed by atoms with E-state index in [4.69, 9.17) is 28.2 Å². The van der Waals surface area contributed by atoms with Crippen LogP contribution >= 0.6 is 27.5 Å². The van der Waals surface area contributed by atoms with Crippen molar-refractivity contribution in [3.63, 3.8) is 0 Å². The van der Waals surface area contributed by atoms with E-state index in [9.17, 15) is 9.18 Å². The van der Waals surface area contributed by atoms with Gasteiger partial charge in [0.15, 0.2) is 5.82 Å². The van der Waals surface area contributed by atoms with Gasteiger partial charge in [0.1, 0.15) is 0 Å². The fraction of sp³-hybridized carbons (Fsp3) is 0. The van der Waals surface area contributed by atoms with Gasteiger partial charge in [-0.05, 0) is 24.3 Å². The number of hydrogen-bond acceptors (Lipinski definition) is 4. The average Bonchev–Trinajstić information content (AvgIpc) is 2.41. The summed E-state index contributed by atoms with van der Waals surface area (Å²) in [5.41, 5.74) is 10.2. The van der Waals surface area contributed by atoms with Gasteiger partial charge in [-0.2, -0.15) is 0 Å². The molecule has 0 atom stereocenters. The molecule has 0 aliphatic rings. The van der Waals surface area contributed by atoms with Crippen molar-refractivity contribution in [1.29, 1.82) is 0 Å². The van der Waals surface area contributed by atoms with Crippen LogP contribution in [-0.4, -0.2) is 11.1 Å². The Kier molecular flexibility index (Phi) is 4.24. The topological polar surface area (TPSA) is 101 Å². The molecule has 5 nitrogen and oxygen atoms in total. The van der Waals surface area contributed by atoms with Gasteiger partial charge in [-0.3, -0.25) is 0 Å². The summed E-state index contributed by atoms with van der Waals surface area (Å²) >= 11 is 9.25. The van der Waals surface area contributed by atoms with E-state index in [0.29, 0.717) is 5.69 Å². The maximum atomic E-state index is 14.2. The number of halogens is 3. The molecule has 0 saturated carbocycles. The molecule has 8 heteroatoms. The molecule has 2 rings (SSSR count). The van der Waals surface area contributed by atoms with Crippen molar-refractivity contribution in [1.82, 2.24) is 0 Å². The first-order chi connectivity index (χ1) is 9.81. The molecule has 0 aliphatic carbocycles. The van der Waals surface area contributed by atoms with Gasteiger partial charge < -0.3 is 21.9 Å². The SMILES string of the molecule is Nc1cc(C(=O)O)c(Nc2ccc(Br)cc2Cl)c(F)c1N. The lowest BCUT2D eigenvalue weighted by Crippen LogP contribution is -2.10.